The van der Waals surface area contributed by atoms with Crippen molar-refractivity contribution in [3.8, 4) is 0 Å². The van der Waals surface area contributed by atoms with Crippen molar-refractivity contribution in [1.82, 2.24) is 4.90 Å². The maximum Gasteiger partial charge on any atom is 0.329 e. The second-order valence-electron chi connectivity index (χ2n) is 5.52. The van der Waals surface area contributed by atoms with Crippen molar-refractivity contribution in [1.29, 1.82) is 0 Å². The summed E-state index contributed by atoms with van der Waals surface area (Å²) >= 11 is 0. The van der Waals surface area contributed by atoms with Crippen molar-refractivity contribution < 1.29 is 19.1 Å². The maximum atomic E-state index is 12.6. The smallest absolute Gasteiger partial charge is 0.329 e. The van der Waals surface area contributed by atoms with Crippen LogP contribution in [0.3, 0.4) is 0 Å². The van der Waals surface area contributed by atoms with Gasteiger partial charge in [-0.05, 0) is 23.3 Å². The van der Waals surface area contributed by atoms with Crippen LogP contribution in [-0.2, 0) is 17.3 Å². The average molecular weight is 348 g/mol. The van der Waals surface area contributed by atoms with Crippen molar-refractivity contribution in [2.75, 3.05) is 13.1 Å². The minimum absolute atomic E-state index is 0.0969. The molecule has 7 heteroatoms. The molecule has 0 radical (unpaired) electrons. The van der Waals surface area contributed by atoms with Gasteiger partial charge in [0, 0.05) is 25.2 Å². The van der Waals surface area contributed by atoms with E-state index in [-0.39, 0.29) is 12.1 Å². The van der Waals surface area contributed by atoms with E-state index in [4.69, 9.17) is 15.5 Å². The van der Waals surface area contributed by atoms with Crippen LogP contribution in [0.15, 0.2) is 54.6 Å². The fraction of sp³-hybridized carbons (Fsp3) is 0.235. The van der Waals surface area contributed by atoms with Gasteiger partial charge in [-0.3, -0.25) is 9.36 Å². The zero-order chi connectivity index (χ0) is 17.6. The summed E-state index contributed by atoms with van der Waals surface area (Å²) in [5.41, 5.74) is 7.65. The molecule has 0 aliphatic heterocycles. The van der Waals surface area contributed by atoms with E-state index in [2.05, 4.69) is 0 Å². The van der Waals surface area contributed by atoms with Gasteiger partial charge in [-0.2, -0.15) is 0 Å². The Kier molecular flexibility index (Phi) is 6.29. The SMILES string of the molecule is NCCN(Cc1ccc(CP(=O)(O)O)cc1)C(=O)c1ccccc1. The van der Waals surface area contributed by atoms with Gasteiger partial charge in [0.1, 0.15) is 0 Å². The predicted octanol–water partition coefficient (Wildman–Crippen LogP) is 1.97. The molecule has 0 aliphatic carbocycles. The van der Waals surface area contributed by atoms with E-state index in [9.17, 15) is 9.36 Å². The highest BCUT2D eigenvalue weighted by Gasteiger charge is 2.16. The van der Waals surface area contributed by atoms with E-state index in [1.54, 1.807) is 41.3 Å². The predicted molar refractivity (Wildman–Crippen MR) is 92.4 cm³/mol. The van der Waals surface area contributed by atoms with E-state index in [0.717, 1.165) is 5.56 Å². The lowest BCUT2D eigenvalue weighted by atomic mass is 10.1. The van der Waals surface area contributed by atoms with Crippen molar-refractivity contribution in [3.05, 3.63) is 71.3 Å². The maximum absolute atomic E-state index is 12.6. The van der Waals surface area contributed by atoms with Crippen LogP contribution in [0.4, 0.5) is 0 Å². The molecule has 2 rings (SSSR count). The number of hydrogen-bond donors (Lipinski definition) is 3. The third kappa shape index (κ3) is 5.58. The first-order chi connectivity index (χ1) is 11.4. The fourth-order valence-electron chi connectivity index (χ4n) is 2.38. The van der Waals surface area contributed by atoms with Crippen LogP contribution in [0.25, 0.3) is 0 Å². The Morgan fingerprint density at radius 3 is 2.12 bits per heavy atom. The molecule has 0 aromatic heterocycles. The van der Waals surface area contributed by atoms with Crippen LogP contribution in [-0.4, -0.2) is 33.7 Å². The van der Waals surface area contributed by atoms with E-state index in [0.29, 0.717) is 30.8 Å². The number of carbonyl (C=O) groups is 1. The van der Waals surface area contributed by atoms with Gasteiger partial charge in [0.15, 0.2) is 0 Å². The summed E-state index contributed by atoms with van der Waals surface area (Å²) in [5, 5.41) is 0. The molecule has 0 heterocycles. The molecule has 0 fully saturated rings. The van der Waals surface area contributed by atoms with Crippen LogP contribution in [0.2, 0.25) is 0 Å². The summed E-state index contributed by atoms with van der Waals surface area (Å²) in [6, 6.07) is 15.9. The van der Waals surface area contributed by atoms with Gasteiger partial charge in [-0.25, -0.2) is 0 Å². The molecule has 0 saturated heterocycles. The monoisotopic (exact) mass is 348 g/mol. The molecule has 6 nitrogen and oxygen atoms in total. The third-order valence-corrected chi connectivity index (χ3v) is 4.27. The highest BCUT2D eigenvalue weighted by Crippen LogP contribution is 2.38. The number of carbonyl (C=O) groups excluding carboxylic acids is 1. The van der Waals surface area contributed by atoms with Crippen LogP contribution >= 0.6 is 7.60 Å². The van der Waals surface area contributed by atoms with E-state index >= 15 is 0 Å². The molecule has 1 amide bonds. The number of amides is 1. The van der Waals surface area contributed by atoms with E-state index in [1.807, 2.05) is 18.2 Å². The van der Waals surface area contributed by atoms with Gasteiger partial charge in [-0.15, -0.1) is 0 Å². The third-order valence-electron chi connectivity index (χ3n) is 3.49. The zero-order valence-electron chi connectivity index (χ0n) is 13.2. The molecular weight excluding hydrogens is 327 g/mol. The lowest BCUT2D eigenvalue weighted by Crippen LogP contribution is -2.34. The normalized spacial score (nSPS) is 11.3. The van der Waals surface area contributed by atoms with Crippen molar-refractivity contribution in [3.63, 3.8) is 0 Å². The first kappa shape index (κ1) is 18.4. The second kappa shape index (κ2) is 8.22. The summed E-state index contributed by atoms with van der Waals surface area (Å²) in [6.07, 6.45) is -0.289. The zero-order valence-corrected chi connectivity index (χ0v) is 14.1. The Balaban J connectivity index is 2.10. The second-order valence-corrected chi connectivity index (χ2v) is 7.17. The molecule has 2 aromatic rings. The molecule has 0 saturated carbocycles. The van der Waals surface area contributed by atoms with E-state index in [1.165, 1.54) is 0 Å². The van der Waals surface area contributed by atoms with Crippen molar-refractivity contribution in [2.45, 2.75) is 12.7 Å². The Bertz CT molecular complexity index is 713. The molecule has 2 aromatic carbocycles. The quantitative estimate of drug-likeness (QED) is 0.664. The minimum atomic E-state index is -4.08. The van der Waals surface area contributed by atoms with Crippen LogP contribution in [0, 0.1) is 0 Å². The van der Waals surface area contributed by atoms with Crippen LogP contribution in [0.5, 0.6) is 0 Å². The fourth-order valence-corrected chi connectivity index (χ4v) is 3.07. The molecule has 0 spiro atoms. The molecule has 0 atom stereocenters. The summed E-state index contributed by atoms with van der Waals surface area (Å²) in [4.78, 5) is 32.2. The lowest BCUT2D eigenvalue weighted by Gasteiger charge is -2.22. The largest absolute Gasteiger partial charge is 0.333 e. The minimum Gasteiger partial charge on any atom is -0.333 e. The van der Waals surface area contributed by atoms with Crippen molar-refractivity contribution in [2.24, 2.45) is 5.73 Å². The summed E-state index contributed by atoms with van der Waals surface area (Å²) < 4.78 is 11.0. The van der Waals surface area contributed by atoms with Gasteiger partial charge >= 0.3 is 7.60 Å². The van der Waals surface area contributed by atoms with Gasteiger partial charge < -0.3 is 20.4 Å². The van der Waals surface area contributed by atoms with Gasteiger partial charge in [0.05, 0.1) is 6.16 Å². The summed E-state index contributed by atoms with van der Waals surface area (Å²) in [5.74, 6) is -0.0969. The van der Waals surface area contributed by atoms with E-state index < -0.39 is 7.60 Å². The molecule has 4 N–H and O–H groups in total. The number of nitrogens with two attached hydrogens (primary N) is 1. The van der Waals surface area contributed by atoms with Gasteiger partial charge in [0.25, 0.3) is 5.91 Å². The van der Waals surface area contributed by atoms with Crippen LogP contribution in [0.1, 0.15) is 21.5 Å². The Labute approximate surface area is 141 Å². The van der Waals surface area contributed by atoms with Crippen molar-refractivity contribution >= 4 is 13.5 Å². The number of nitrogens with zero attached hydrogens (tertiary/aromatic N) is 1. The summed E-state index contributed by atoms with van der Waals surface area (Å²) in [6.45, 7) is 1.17. The molecular formula is C17H21N2O4P. The molecule has 0 aliphatic rings. The first-order valence-electron chi connectivity index (χ1n) is 7.56. The van der Waals surface area contributed by atoms with Crippen LogP contribution < -0.4 is 5.73 Å². The number of hydrogen-bond acceptors (Lipinski definition) is 3. The van der Waals surface area contributed by atoms with Gasteiger partial charge in [0.2, 0.25) is 0 Å². The molecule has 0 unspecified atom stereocenters. The average Bonchev–Trinajstić information content (AvgIpc) is 2.55. The van der Waals surface area contributed by atoms with Gasteiger partial charge in [-0.1, -0.05) is 42.5 Å². The highest BCUT2D eigenvalue weighted by molar-refractivity contribution is 7.50. The highest BCUT2D eigenvalue weighted by atomic mass is 31.2. The molecule has 24 heavy (non-hydrogen) atoms. The molecule has 128 valence electrons. The standard InChI is InChI=1S/C17H21N2O4P/c18-10-11-19(17(20)16-4-2-1-3-5-16)12-14-6-8-15(9-7-14)13-24(21,22)23/h1-9H,10-13,18H2,(H2,21,22,23). The topological polar surface area (TPSA) is 104 Å². The molecule has 0 bridgehead atoms. The Morgan fingerprint density at radius 1 is 1.00 bits per heavy atom. The Morgan fingerprint density at radius 2 is 1.58 bits per heavy atom. The first-order valence-corrected chi connectivity index (χ1v) is 9.35. The summed E-state index contributed by atoms with van der Waals surface area (Å²) in [7, 11) is -4.08. The Hall–Kier alpha value is -1.98. The lowest BCUT2D eigenvalue weighted by molar-refractivity contribution is 0.0748. The number of rotatable bonds is 7. The number of benzene rings is 2.